The maximum atomic E-state index is 12.4. The molecule has 0 atom stereocenters. The van der Waals surface area contributed by atoms with Gasteiger partial charge in [0.1, 0.15) is 17.2 Å². The summed E-state index contributed by atoms with van der Waals surface area (Å²) in [6.45, 7) is 2.01. The Hall–Kier alpha value is -3.54. The monoisotopic (exact) mass is 378 g/mol. The Kier molecular flexibility index (Phi) is 6.11. The molecule has 0 unspecified atom stereocenters. The molecule has 2 aromatic carbocycles. The molecule has 0 aliphatic carbocycles. The van der Waals surface area contributed by atoms with Gasteiger partial charge in [0.15, 0.2) is 0 Å². The van der Waals surface area contributed by atoms with Gasteiger partial charge in [-0.2, -0.15) is 0 Å². The smallest absolute Gasteiger partial charge is 0.228 e. The van der Waals surface area contributed by atoms with E-state index in [0.717, 1.165) is 11.1 Å². The highest BCUT2D eigenvalue weighted by Crippen LogP contribution is 2.25. The quantitative estimate of drug-likeness (QED) is 0.661. The van der Waals surface area contributed by atoms with Crippen molar-refractivity contribution < 1.29 is 19.0 Å². The van der Waals surface area contributed by atoms with Gasteiger partial charge in [-0.1, -0.05) is 23.8 Å². The van der Waals surface area contributed by atoms with E-state index in [1.165, 1.54) is 0 Å². The lowest BCUT2D eigenvalue weighted by Crippen LogP contribution is -2.15. The molecule has 0 aliphatic heterocycles. The Morgan fingerprint density at radius 1 is 0.964 bits per heavy atom. The van der Waals surface area contributed by atoms with E-state index in [9.17, 15) is 4.79 Å². The van der Waals surface area contributed by atoms with Crippen LogP contribution in [0.3, 0.4) is 0 Å². The highest BCUT2D eigenvalue weighted by atomic mass is 16.5. The first-order valence-corrected chi connectivity index (χ1v) is 8.78. The number of hydrogen-bond donors (Lipinski definition) is 1. The first kappa shape index (κ1) is 19.2. The number of hydrogen-bond acceptors (Lipinski definition) is 5. The van der Waals surface area contributed by atoms with Crippen LogP contribution in [-0.2, 0) is 11.2 Å². The Bertz CT molecular complexity index is 938. The molecule has 3 aromatic rings. The van der Waals surface area contributed by atoms with Crippen molar-refractivity contribution in [2.24, 2.45) is 0 Å². The fraction of sp³-hybridized carbons (Fsp3) is 0.182. The number of amides is 1. The Morgan fingerprint density at radius 2 is 1.71 bits per heavy atom. The Balaban J connectivity index is 1.60. The molecule has 0 saturated heterocycles. The van der Waals surface area contributed by atoms with Crippen LogP contribution >= 0.6 is 0 Å². The maximum absolute atomic E-state index is 12.4. The number of anilines is 1. The molecular weight excluding hydrogens is 356 g/mol. The third kappa shape index (κ3) is 5.01. The predicted octanol–water partition coefficient (Wildman–Crippen LogP) is 4.38. The van der Waals surface area contributed by atoms with E-state index < -0.39 is 0 Å². The summed E-state index contributed by atoms with van der Waals surface area (Å²) in [6.07, 6.45) is 1.74. The van der Waals surface area contributed by atoms with Crippen LogP contribution < -0.4 is 19.5 Å². The van der Waals surface area contributed by atoms with Gasteiger partial charge in [0.05, 0.1) is 32.5 Å². The van der Waals surface area contributed by atoms with Gasteiger partial charge in [0, 0.05) is 17.7 Å². The lowest BCUT2D eigenvalue weighted by atomic mass is 10.1. The first-order valence-electron chi connectivity index (χ1n) is 8.78. The van der Waals surface area contributed by atoms with E-state index in [-0.39, 0.29) is 12.3 Å². The normalized spacial score (nSPS) is 10.2. The number of methoxy groups -OCH3 is 2. The zero-order valence-electron chi connectivity index (χ0n) is 16.1. The van der Waals surface area contributed by atoms with Gasteiger partial charge in [0.2, 0.25) is 11.8 Å². The maximum Gasteiger partial charge on any atom is 0.228 e. The Morgan fingerprint density at radius 3 is 2.36 bits per heavy atom. The van der Waals surface area contributed by atoms with Crippen molar-refractivity contribution in [1.82, 2.24) is 4.98 Å². The van der Waals surface area contributed by atoms with E-state index in [0.29, 0.717) is 28.8 Å². The lowest BCUT2D eigenvalue weighted by Gasteiger charge is -2.11. The zero-order chi connectivity index (χ0) is 19.9. The number of aromatic nitrogens is 1. The van der Waals surface area contributed by atoms with Crippen molar-refractivity contribution in [2.45, 2.75) is 13.3 Å². The second-order valence-corrected chi connectivity index (χ2v) is 6.20. The zero-order valence-corrected chi connectivity index (χ0v) is 16.1. The Labute approximate surface area is 164 Å². The molecule has 28 heavy (non-hydrogen) atoms. The summed E-state index contributed by atoms with van der Waals surface area (Å²) in [4.78, 5) is 16.6. The van der Waals surface area contributed by atoms with Crippen LogP contribution in [0.1, 0.15) is 11.1 Å². The van der Waals surface area contributed by atoms with Gasteiger partial charge in [-0.05, 0) is 31.2 Å². The molecule has 1 aromatic heterocycles. The second-order valence-electron chi connectivity index (χ2n) is 6.20. The number of rotatable bonds is 7. The summed E-state index contributed by atoms with van der Waals surface area (Å²) in [7, 11) is 3.15. The fourth-order valence-corrected chi connectivity index (χ4v) is 2.62. The van der Waals surface area contributed by atoms with Crippen molar-refractivity contribution in [3.63, 3.8) is 0 Å². The van der Waals surface area contributed by atoms with Gasteiger partial charge in [-0.3, -0.25) is 4.79 Å². The van der Waals surface area contributed by atoms with Gasteiger partial charge in [0.25, 0.3) is 0 Å². The van der Waals surface area contributed by atoms with Crippen molar-refractivity contribution in [2.75, 3.05) is 19.5 Å². The van der Waals surface area contributed by atoms with Crippen molar-refractivity contribution in [3.8, 4) is 23.1 Å². The average molecular weight is 378 g/mol. The molecule has 0 aliphatic rings. The fourth-order valence-electron chi connectivity index (χ4n) is 2.62. The minimum atomic E-state index is -0.169. The highest BCUT2D eigenvalue weighted by molar-refractivity contribution is 5.92. The van der Waals surface area contributed by atoms with E-state index >= 15 is 0 Å². The van der Waals surface area contributed by atoms with E-state index in [1.54, 1.807) is 44.7 Å². The number of carbonyl (C=O) groups excluding carboxylic acids is 1. The number of ether oxygens (including phenoxy) is 3. The number of pyridine rings is 1. The van der Waals surface area contributed by atoms with Gasteiger partial charge >= 0.3 is 0 Å². The van der Waals surface area contributed by atoms with Gasteiger partial charge < -0.3 is 19.5 Å². The molecule has 1 N–H and O–H groups in total. The van der Waals surface area contributed by atoms with Crippen LogP contribution in [0.2, 0.25) is 0 Å². The predicted molar refractivity (Wildman–Crippen MR) is 107 cm³/mol. The summed E-state index contributed by atoms with van der Waals surface area (Å²) in [6, 6.07) is 16.5. The molecule has 6 nitrogen and oxygen atoms in total. The van der Waals surface area contributed by atoms with Gasteiger partial charge in [-0.25, -0.2) is 4.98 Å². The number of nitrogens with zero attached hydrogens (tertiary/aromatic N) is 1. The molecule has 144 valence electrons. The largest absolute Gasteiger partial charge is 0.497 e. The number of nitrogens with one attached hydrogen (secondary N) is 1. The standard InChI is InChI=1S/C22H22N2O4/c1-15-4-8-18(9-5-15)28-22-11-7-17(14-23-22)24-21(25)12-16-6-10-19(26-2)13-20(16)27-3/h4-11,13-14H,12H2,1-3H3,(H,24,25). The molecule has 6 heteroatoms. The van der Waals surface area contributed by atoms with Crippen LogP contribution in [0.15, 0.2) is 60.8 Å². The van der Waals surface area contributed by atoms with Crippen molar-refractivity contribution in [1.29, 1.82) is 0 Å². The molecule has 0 bridgehead atoms. The van der Waals surface area contributed by atoms with Crippen LogP contribution in [0.25, 0.3) is 0 Å². The molecular formula is C22H22N2O4. The van der Waals surface area contributed by atoms with E-state index in [4.69, 9.17) is 14.2 Å². The molecule has 3 rings (SSSR count). The van der Waals surface area contributed by atoms with Crippen LogP contribution in [-0.4, -0.2) is 25.1 Å². The molecule has 1 amide bonds. The van der Waals surface area contributed by atoms with E-state index in [1.807, 2.05) is 37.3 Å². The first-order chi connectivity index (χ1) is 13.6. The third-order valence-corrected chi connectivity index (χ3v) is 4.11. The summed E-state index contributed by atoms with van der Waals surface area (Å²) < 4.78 is 16.2. The number of carbonyl (C=O) groups is 1. The summed E-state index contributed by atoms with van der Waals surface area (Å²) in [5, 5.41) is 2.83. The van der Waals surface area contributed by atoms with Crippen molar-refractivity contribution in [3.05, 3.63) is 71.9 Å². The van der Waals surface area contributed by atoms with Crippen LogP contribution in [0, 0.1) is 6.92 Å². The minimum Gasteiger partial charge on any atom is -0.497 e. The SMILES string of the molecule is COc1ccc(CC(=O)Nc2ccc(Oc3ccc(C)cc3)nc2)c(OC)c1. The topological polar surface area (TPSA) is 69.7 Å². The minimum absolute atomic E-state index is 0.169. The van der Waals surface area contributed by atoms with Crippen LogP contribution in [0.4, 0.5) is 5.69 Å². The molecule has 0 spiro atoms. The van der Waals surface area contributed by atoms with E-state index in [2.05, 4.69) is 10.3 Å². The summed E-state index contributed by atoms with van der Waals surface area (Å²) in [5.41, 5.74) is 2.52. The number of aryl methyl sites for hydroxylation is 1. The lowest BCUT2D eigenvalue weighted by molar-refractivity contribution is -0.115. The highest BCUT2D eigenvalue weighted by Gasteiger charge is 2.11. The van der Waals surface area contributed by atoms with Crippen molar-refractivity contribution >= 4 is 11.6 Å². The average Bonchev–Trinajstić information content (AvgIpc) is 2.71. The second kappa shape index (κ2) is 8.90. The molecule has 1 heterocycles. The molecule has 0 saturated carbocycles. The third-order valence-electron chi connectivity index (χ3n) is 4.11. The number of benzene rings is 2. The summed E-state index contributed by atoms with van der Waals surface area (Å²) >= 11 is 0. The summed E-state index contributed by atoms with van der Waals surface area (Å²) in [5.74, 6) is 2.28. The van der Waals surface area contributed by atoms with Crippen LogP contribution in [0.5, 0.6) is 23.1 Å². The molecule has 0 radical (unpaired) electrons. The molecule has 0 fully saturated rings. The van der Waals surface area contributed by atoms with Gasteiger partial charge in [-0.15, -0.1) is 0 Å².